The molecule has 1 aromatic carbocycles. The highest BCUT2D eigenvalue weighted by Gasteiger charge is 2.54. The van der Waals surface area contributed by atoms with Crippen LogP contribution in [0.5, 0.6) is 0 Å². The van der Waals surface area contributed by atoms with E-state index < -0.39 is 24.1 Å². The fourth-order valence-electron chi connectivity index (χ4n) is 4.28. The smallest absolute Gasteiger partial charge is 0.465 e. The quantitative estimate of drug-likeness (QED) is 0.728. The Morgan fingerprint density at radius 1 is 1.32 bits per heavy atom. The number of likely N-dealkylation sites (tertiary alicyclic amines) is 1. The number of carbonyl (C=O) groups is 2. The molecule has 0 N–H and O–H groups in total. The predicted molar refractivity (Wildman–Crippen MR) is 84.2 cm³/mol. The van der Waals surface area contributed by atoms with Crippen molar-refractivity contribution in [2.24, 2.45) is 5.92 Å². The summed E-state index contributed by atoms with van der Waals surface area (Å²) in [7, 11) is 1.31. The molecule has 2 aliphatic rings. The minimum absolute atomic E-state index is 0.0613. The van der Waals surface area contributed by atoms with Crippen molar-refractivity contribution in [2.75, 3.05) is 13.7 Å². The topological polar surface area (TPSA) is 46.6 Å². The molecular formula is C18H20F3NO3. The number of alkyl halides is 3. The van der Waals surface area contributed by atoms with Crippen molar-refractivity contribution in [1.82, 2.24) is 4.90 Å². The summed E-state index contributed by atoms with van der Waals surface area (Å²) in [6.45, 7) is 3.94. The average molecular weight is 355 g/mol. The fraction of sp³-hybridized carbons (Fsp3) is 0.556. The Labute approximate surface area is 143 Å². The highest BCUT2D eigenvalue weighted by atomic mass is 19.4. The number of rotatable bonds is 1. The van der Waals surface area contributed by atoms with E-state index in [2.05, 4.69) is 0 Å². The third kappa shape index (κ3) is 2.69. The van der Waals surface area contributed by atoms with Crippen molar-refractivity contribution in [3.63, 3.8) is 0 Å². The molecule has 0 saturated carbocycles. The summed E-state index contributed by atoms with van der Waals surface area (Å²) in [6.07, 6.45) is -4.08. The van der Waals surface area contributed by atoms with E-state index in [4.69, 9.17) is 4.74 Å². The molecule has 0 aromatic heterocycles. The maximum Gasteiger partial charge on any atom is 0.471 e. The minimum atomic E-state index is -4.86. The molecule has 7 heteroatoms. The molecule has 1 aliphatic heterocycles. The molecule has 1 fully saturated rings. The molecule has 4 nitrogen and oxygen atoms in total. The fourth-order valence-corrected chi connectivity index (χ4v) is 4.28. The van der Waals surface area contributed by atoms with Crippen LogP contribution in [0.4, 0.5) is 13.2 Å². The Hall–Kier alpha value is -2.05. The van der Waals surface area contributed by atoms with Crippen molar-refractivity contribution >= 4 is 11.9 Å². The van der Waals surface area contributed by atoms with Crippen LogP contribution in [-0.4, -0.2) is 42.6 Å². The number of esters is 1. The third-order valence-electron chi connectivity index (χ3n) is 5.93. The number of fused-ring (bicyclic) bond motifs is 4. The summed E-state index contributed by atoms with van der Waals surface area (Å²) in [4.78, 5) is 24.6. The van der Waals surface area contributed by atoms with Gasteiger partial charge in [-0.3, -0.25) is 4.79 Å². The Kier molecular flexibility index (Phi) is 4.08. The van der Waals surface area contributed by atoms with Crippen LogP contribution < -0.4 is 0 Å². The molecule has 1 aromatic rings. The molecule has 0 spiro atoms. The molecule has 1 heterocycles. The number of ether oxygens (including phenoxy) is 1. The second kappa shape index (κ2) is 5.75. The summed E-state index contributed by atoms with van der Waals surface area (Å²) < 4.78 is 43.5. The zero-order valence-corrected chi connectivity index (χ0v) is 14.3. The number of amides is 1. The lowest BCUT2D eigenvalue weighted by atomic mass is 9.59. The summed E-state index contributed by atoms with van der Waals surface area (Å²) in [5.41, 5.74) is 1.91. The van der Waals surface area contributed by atoms with E-state index in [-0.39, 0.29) is 17.9 Å². The highest BCUT2D eigenvalue weighted by molar-refractivity contribution is 5.89. The Bertz CT molecular complexity index is 731. The number of hydrogen-bond acceptors (Lipinski definition) is 3. The molecule has 1 saturated heterocycles. The average Bonchev–Trinajstić information content (AvgIpc) is 2.56. The Morgan fingerprint density at radius 3 is 2.60 bits per heavy atom. The summed E-state index contributed by atoms with van der Waals surface area (Å²) >= 11 is 0. The molecular weight excluding hydrogens is 335 g/mol. The maximum atomic E-state index is 12.9. The Morgan fingerprint density at radius 2 is 2.00 bits per heavy atom. The van der Waals surface area contributed by atoms with E-state index in [0.29, 0.717) is 18.4 Å². The molecule has 136 valence electrons. The molecule has 3 rings (SSSR count). The van der Waals surface area contributed by atoms with Crippen molar-refractivity contribution < 1.29 is 27.5 Å². The van der Waals surface area contributed by atoms with Gasteiger partial charge < -0.3 is 9.64 Å². The summed E-state index contributed by atoms with van der Waals surface area (Å²) in [6, 6.07) is 4.68. The normalized spacial score (nSPS) is 28.3. The van der Waals surface area contributed by atoms with Gasteiger partial charge in [-0.15, -0.1) is 0 Å². The van der Waals surface area contributed by atoms with Crippen LogP contribution in [0.15, 0.2) is 18.2 Å². The van der Waals surface area contributed by atoms with Gasteiger partial charge in [0.2, 0.25) is 0 Å². The first-order valence-corrected chi connectivity index (χ1v) is 8.19. The first-order valence-electron chi connectivity index (χ1n) is 8.19. The van der Waals surface area contributed by atoms with Gasteiger partial charge in [-0.1, -0.05) is 19.9 Å². The largest absolute Gasteiger partial charge is 0.471 e. The van der Waals surface area contributed by atoms with Crippen molar-refractivity contribution in [1.29, 1.82) is 0 Å². The van der Waals surface area contributed by atoms with E-state index in [1.807, 2.05) is 13.8 Å². The SMILES string of the molecule is COC(=O)c1ccc2c(c1)[C@]1(C)CCN(C(=O)C(F)(F)F)[C@H](C2)[C@H]1C. The number of methoxy groups -OCH3 is 1. The highest BCUT2D eigenvalue weighted by Crippen LogP contribution is 2.49. The second-order valence-corrected chi connectivity index (χ2v) is 7.09. The van der Waals surface area contributed by atoms with Gasteiger partial charge in [-0.2, -0.15) is 13.2 Å². The van der Waals surface area contributed by atoms with Gasteiger partial charge in [-0.25, -0.2) is 4.79 Å². The maximum absolute atomic E-state index is 12.9. The van der Waals surface area contributed by atoms with E-state index in [1.165, 1.54) is 7.11 Å². The molecule has 1 aliphatic carbocycles. The van der Waals surface area contributed by atoms with Gasteiger partial charge >= 0.3 is 18.1 Å². The molecule has 2 bridgehead atoms. The minimum Gasteiger partial charge on any atom is -0.465 e. The molecule has 1 amide bonds. The van der Waals surface area contributed by atoms with E-state index in [0.717, 1.165) is 16.0 Å². The van der Waals surface area contributed by atoms with Gasteiger partial charge in [0.25, 0.3) is 0 Å². The molecule has 0 radical (unpaired) electrons. The van der Waals surface area contributed by atoms with Crippen LogP contribution in [0.25, 0.3) is 0 Å². The third-order valence-corrected chi connectivity index (χ3v) is 5.93. The van der Waals surface area contributed by atoms with Crippen molar-refractivity contribution in [3.8, 4) is 0 Å². The monoisotopic (exact) mass is 355 g/mol. The van der Waals surface area contributed by atoms with E-state index in [9.17, 15) is 22.8 Å². The van der Waals surface area contributed by atoms with Crippen LogP contribution in [0.3, 0.4) is 0 Å². The molecule has 0 unspecified atom stereocenters. The lowest BCUT2D eigenvalue weighted by Crippen LogP contribution is -2.61. The van der Waals surface area contributed by atoms with E-state index >= 15 is 0 Å². The number of hydrogen-bond donors (Lipinski definition) is 0. The van der Waals surface area contributed by atoms with Crippen molar-refractivity contribution in [3.05, 3.63) is 34.9 Å². The second-order valence-electron chi connectivity index (χ2n) is 7.09. The number of piperidine rings is 1. The zero-order valence-electron chi connectivity index (χ0n) is 14.3. The number of halogens is 3. The van der Waals surface area contributed by atoms with Gasteiger partial charge in [0.1, 0.15) is 0 Å². The number of carbonyl (C=O) groups excluding carboxylic acids is 2. The van der Waals surface area contributed by atoms with Crippen LogP contribution in [0.1, 0.15) is 41.8 Å². The summed E-state index contributed by atoms with van der Waals surface area (Å²) in [5, 5.41) is 0. The van der Waals surface area contributed by atoms with Crippen molar-refractivity contribution in [2.45, 2.75) is 44.3 Å². The number of nitrogens with zero attached hydrogens (tertiary/aromatic N) is 1. The van der Waals surface area contributed by atoms with E-state index in [1.54, 1.807) is 18.2 Å². The Balaban J connectivity index is 2.02. The van der Waals surface area contributed by atoms with Gasteiger partial charge in [-0.05, 0) is 47.4 Å². The van der Waals surface area contributed by atoms with Crippen LogP contribution in [0.2, 0.25) is 0 Å². The first-order chi connectivity index (χ1) is 11.6. The predicted octanol–water partition coefficient (Wildman–Crippen LogP) is 3.09. The van der Waals surface area contributed by atoms with Crippen LogP contribution in [-0.2, 0) is 21.4 Å². The van der Waals surface area contributed by atoms with Crippen LogP contribution in [0, 0.1) is 5.92 Å². The molecule has 3 atom stereocenters. The first kappa shape index (κ1) is 17.8. The van der Waals surface area contributed by atoms with Gasteiger partial charge in [0, 0.05) is 12.6 Å². The lowest BCUT2D eigenvalue weighted by Gasteiger charge is -2.54. The number of benzene rings is 1. The van der Waals surface area contributed by atoms with Gasteiger partial charge in [0.15, 0.2) is 0 Å². The lowest BCUT2D eigenvalue weighted by molar-refractivity contribution is -0.192. The zero-order chi connectivity index (χ0) is 18.6. The van der Waals surface area contributed by atoms with Crippen LogP contribution >= 0.6 is 0 Å². The standard InChI is InChI=1S/C18H20F3NO3/c1-10-14-9-11-4-5-12(15(23)25-3)8-13(11)17(10,2)6-7-22(14)16(24)18(19,20)21/h4-5,8,10,14H,6-7,9H2,1-3H3/t10-,14-,17-/m1/s1. The summed E-state index contributed by atoms with van der Waals surface area (Å²) in [5.74, 6) is -2.35. The molecule has 25 heavy (non-hydrogen) atoms. The van der Waals surface area contributed by atoms with Gasteiger partial charge in [0.05, 0.1) is 12.7 Å².